The minimum Gasteiger partial charge on any atom is -0.352 e. The molecule has 0 radical (unpaired) electrons. The lowest BCUT2D eigenvalue weighted by Crippen LogP contribution is -2.40. The Balaban J connectivity index is 1.94. The first-order chi connectivity index (χ1) is 11.6. The number of anilines is 1. The summed E-state index contributed by atoms with van der Waals surface area (Å²) in [7, 11) is 0. The lowest BCUT2D eigenvalue weighted by Gasteiger charge is -2.23. The molecule has 2 aromatic rings. The zero-order chi connectivity index (χ0) is 17.1. The van der Waals surface area contributed by atoms with Crippen molar-refractivity contribution in [1.29, 1.82) is 0 Å². The average Bonchev–Trinajstić information content (AvgIpc) is 3.23. The van der Waals surface area contributed by atoms with Gasteiger partial charge < -0.3 is 10.2 Å². The van der Waals surface area contributed by atoms with Crippen LogP contribution in [0.25, 0.3) is 10.2 Å². The Morgan fingerprint density at radius 1 is 1.38 bits per heavy atom. The summed E-state index contributed by atoms with van der Waals surface area (Å²) in [6, 6.07) is 2.11. The Hall–Kier alpha value is -1.89. The molecule has 130 valence electrons. The Bertz CT molecular complexity index is 772. The summed E-state index contributed by atoms with van der Waals surface area (Å²) in [4.78, 5) is 31.9. The van der Waals surface area contributed by atoms with Crippen molar-refractivity contribution in [3.63, 3.8) is 0 Å². The van der Waals surface area contributed by atoms with Crippen molar-refractivity contribution in [2.45, 2.75) is 52.1 Å². The molecule has 6 nitrogen and oxygen atoms in total. The quantitative estimate of drug-likeness (QED) is 0.870. The topological polar surface area (TPSA) is 67.2 Å². The van der Waals surface area contributed by atoms with Gasteiger partial charge >= 0.3 is 0 Å². The molecule has 2 aromatic heterocycles. The normalized spacial score (nSPS) is 15.1. The molecule has 1 saturated carbocycles. The largest absolute Gasteiger partial charge is 0.352 e. The van der Waals surface area contributed by atoms with E-state index in [4.69, 9.17) is 0 Å². The van der Waals surface area contributed by atoms with Crippen LogP contribution in [0.3, 0.4) is 0 Å². The number of nitrogens with one attached hydrogen (secondary N) is 1. The molecule has 0 atom stereocenters. The van der Waals surface area contributed by atoms with Crippen molar-refractivity contribution in [1.82, 2.24) is 14.9 Å². The molecule has 0 aromatic carbocycles. The van der Waals surface area contributed by atoms with Crippen LogP contribution in [0.5, 0.6) is 0 Å². The van der Waals surface area contributed by atoms with E-state index in [-0.39, 0.29) is 24.1 Å². The highest BCUT2D eigenvalue weighted by Crippen LogP contribution is 2.20. The van der Waals surface area contributed by atoms with E-state index in [9.17, 15) is 9.59 Å². The Kier molecular flexibility index (Phi) is 5.18. The maximum atomic E-state index is 12.8. The van der Waals surface area contributed by atoms with Crippen LogP contribution < -0.4 is 15.8 Å². The minimum atomic E-state index is -0.126. The zero-order valence-corrected chi connectivity index (χ0v) is 15.1. The van der Waals surface area contributed by atoms with Gasteiger partial charge in [0.2, 0.25) is 11.9 Å². The van der Waals surface area contributed by atoms with Gasteiger partial charge in [0.15, 0.2) is 0 Å². The van der Waals surface area contributed by atoms with Crippen LogP contribution in [0.15, 0.2) is 16.2 Å². The number of carbonyl (C=O) groups excluding carboxylic acids is 1. The summed E-state index contributed by atoms with van der Waals surface area (Å²) >= 11 is 1.38. The summed E-state index contributed by atoms with van der Waals surface area (Å²) in [5.41, 5.74) is 0.581. The first kappa shape index (κ1) is 17.0. The highest BCUT2D eigenvalue weighted by molar-refractivity contribution is 7.17. The molecule has 1 N–H and O–H groups in total. The molecule has 0 unspecified atom stereocenters. The van der Waals surface area contributed by atoms with Gasteiger partial charge in [0.05, 0.1) is 5.52 Å². The fraction of sp³-hybridized carbons (Fsp3) is 0.588. The average molecular weight is 348 g/mol. The minimum absolute atomic E-state index is 0.0298. The summed E-state index contributed by atoms with van der Waals surface area (Å²) in [6.45, 7) is 5.56. The SMILES string of the molecule is CCN(CC)c1nc2ccsc2c(=O)n1CC(=O)NC1CCCC1. The third kappa shape index (κ3) is 3.31. The highest BCUT2D eigenvalue weighted by atomic mass is 32.1. The van der Waals surface area contributed by atoms with Crippen molar-refractivity contribution in [2.24, 2.45) is 0 Å². The van der Waals surface area contributed by atoms with E-state index in [1.165, 1.54) is 15.9 Å². The van der Waals surface area contributed by atoms with Crippen LogP contribution in [0, 0.1) is 0 Å². The van der Waals surface area contributed by atoms with Crippen molar-refractivity contribution in [3.05, 3.63) is 21.8 Å². The maximum absolute atomic E-state index is 12.8. The monoisotopic (exact) mass is 348 g/mol. The summed E-state index contributed by atoms with van der Waals surface area (Å²) in [5, 5.41) is 4.93. The number of carbonyl (C=O) groups is 1. The summed E-state index contributed by atoms with van der Waals surface area (Å²) in [6.07, 6.45) is 4.40. The Morgan fingerprint density at radius 2 is 2.08 bits per heavy atom. The van der Waals surface area contributed by atoms with Gasteiger partial charge in [-0.3, -0.25) is 14.2 Å². The number of hydrogen-bond acceptors (Lipinski definition) is 5. The molecule has 0 saturated heterocycles. The standard InChI is InChI=1S/C17H24N4O2S/c1-3-20(4-2)17-19-13-9-10-24-15(13)16(23)21(17)11-14(22)18-12-7-5-6-8-12/h9-10,12H,3-8,11H2,1-2H3,(H,18,22). The second-order valence-corrected chi connectivity index (χ2v) is 7.08. The van der Waals surface area contributed by atoms with E-state index in [0.717, 1.165) is 38.8 Å². The molecule has 24 heavy (non-hydrogen) atoms. The molecule has 1 fully saturated rings. The number of aromatic nitrogens is 2. The van der Waals surface area contributed by atoms with Gasteiger partial charge in [-0.15, -0.1) is 11.3 Å². The molecule has 0 spiro atoms. The van der Waals surface area contributed by atoms with Crippen molar-refractivity contribution in [3.8, 4) is 0 Å². The smallest absolute Gasteiger partial charge is 0.273 e. The van der Waals surface area contributed by atoms with Gasteiger partial charge in [-0.2, -0.15) is 0 Å². The van der Waals surface area contributed by atoms with E-state index in [1.807, 2.05) is 30.2 Å². The molecule has 1 aliphatic rings. The van der Waals surface area contributed by atoms with Crippen LogP contribution in [0.2, 0.25) is 0 Å². The van der Waals surface area contributed by atoms with E-state index in [0.29, 0.717) is 16.2 Å². The van der Waals surface area contributed by atoms with Gasteiger partial charge in [-0.05, 0) is 38.1 Å². The second-order valence-electron chi connectivity index (χ2n) is 6.16. The number of fused-ring (bicyclic) bond motifs is 1. The highest BCUT2D eigenvalue weighted by Gasteiger charge is 2.21. The molecule has 7 heteroatoms. The van der Waals surface area contributed by atoms with Crippen molar-refractivity contribution >= 4 is 33.4 Å². The molecule has 1 aliphatic carbocycles. The predicted octanol–water partition coefficient (Wildman–Crippen LogP) is 2.36. The van der Waals surface area contributed by atoms with Crippen LogP contribution in [0.4, 0.5) is 5.95 Å². The van der Waals surface area contributed by atoms with Gasteiger partial charge in [0.1, 0.15) is 11.2 Å². The van der Waals surface area contributed by atoms with Crippen LogP contribution in [-0.4, -0.2) is 34.6 Å². The predicted molar refractivity (Wildman–Crippen MR) is 97.8 cm³/mol. The van der Waals surface area contributed by atoms with Crippen molar-refractivity contribution < 1.29 is 4.79 Å². The molecular weight excluding hydrogens is 324 g/mol. The van der Waals surface area contributed by atoms with Crippen molar-refractivity contribution in [2.75, 3.05) is 18.0 Å². The van der Waals surface area contributed by atoms with E-state index in [1.54, 1.807) is 0 Å². The lowest BCUT2D eigenvalue weighted by molar-refractivity contribution is -0.122. The zero-order valence-electron chi connectivity index (χ0n) is 14.2. The van der Waals surface area contributed by atoms with Gasteiger partial charge in [-0.25, -0.2) is 4.98 Å². The molecule has 0 aliphatic heterocycles. The molecule has 1 amide bonds. The van der Waals surface area contributed by atoms with E-state index < -0.39 is 0 Å². The van der Waals surface area contributed by atoms with Crippen LogP contribution in [-0.2, 0) is 11.3 Å². The summed E-state index contributed by atoms with van der Waals surface area (Å²) in [5.74, 6) is 0.479. The third-order valence-electron chi connectivity index (χ3n) is 4.61. The maximum Gasteiger partial charge on any atom is 0.273 e. The van der Waals surface area contributed by atoms with Gasteiger partial charge in [0, 0.05) is 19.1 Å². The fourth-order valence-corrected chi connectivity index (χ4v) is 4.09. The first-order valence-corrected chi connectivity index (χ1v) is 9.54. The molecule has 2 heterocycles. The number of amides is 1. The van der Waals surface area contributed by atoms with Gasteiger partial charge in [0.25, 0.3) is 5.56 Å². The molecule has 3 rings (SSSR count). The number of rotatable bonds is 6. The number of hydrogen-bond donors (Lipinski definition) is 1. The lowest BCUT2D eigenvalue weighted by atomic mass is 10.2. The number of thiophene rings is 1. The first-order valence-electron chi connectivity index (χ1n) is 8.66. The Labute approximate surface area is 145 Å². The Morgan fingerprint density at radius 3 is 2.75 bits per heavy atom. The van der Waals surface area contributed by atoms with E-state index in [2.05, 4.69) is 10.3 Å². The second kappa shape index (κ2) is 7.34. The third-order valence-corrected chi connectivity index (χ3v) is 5.51. The number of nitrogens with zero attached hydrogens (tertiary/aromatic N) is 3. The molecule has 0 bridgehead atoms. The van der Waals surface area contributed by atoms with E-state index >= 15 is 0 Å². The summed E-state index contributed by atoms with van der Waals surface area (Å²) < 4.78 is 2.13. The van der Waals surface area contributed by atoms with Gasteiger partial charge in [-0.1, -0.05) is 12.8 Å². The fourth-order valence-electron chi connectivity index (χ4n) is 3.31. The molecular formula is C17H24N4O2S. The van der Waals surface area contributed by atoms with Crippen LogP contribution >= 0.6 is 11.3 Å². The van der Waals surface area contributed by atoms with Crippen LogP contribution in [0.1, 0.15) is 39.5 Å².